The van der Waals surface area contributed by atoms with E-state index < -0.39 is 5.97 Å². The van der Waals surface area contributed by atoms with E-state index in [4.69, 9.17) is 9.84 Å². The average Bonchev–Trinajstić information content (AvgIpc) is 3.17. The summed E-state index contributed by atoms with van der Waals surface area (Å²) in [6, 6.07) is 0. The van der Waals surface area contributed by atoms with Crippen LogP contribution in [-0.2, 0) is 19.1 Å². The van der Waals surface area contributed by atoms with Crippen LogP contribution in [0.1, 0.15) is 271 Å². The van der Waals surface area contributed by atoms with E-state index in [1.165, 1.54) is 180 Å². The number of unbranched alkanes of at least 4 members (excludes halogenated alkanes) is 32. The third-order valence-electron chi connectivity index (χ3n) is 11.2. The molecule has 0 aromatic carbocycles. The molecule has 1 amide bonds. The second-order valence-electron chi connectivity index (χ2n) is 16.7. The first kappa shape index (κ1) is 53.1. The zero-order chi connectivity index (χ0) is 40.1. The average molecular weight is 776 g/mol. The van der Waals surface area contributed by atoms with Gasteiger partial charge in [-0.3, -0.25) is 14.4 Å². The van der Waals surface area contributed by atoms with Crippen LogP contribution in [0, 0.1) is 0 Å². The van der Waals surface area contributed by atoms with E-state index in [0.717, 1.165) is 64.2 Å². The Bertz CT molecular complexity index is 858. The second kappa shape index (κ2) is 44.9. The fraction of sp³-hybridized carbons (Fsp3) is 0.898. The van der Waals surface area contributed by atoms with Gasteiger partial charge in [-0.25, -0.2) is 0 Å². The van der Waals surface area contributed by atoms with Gasteiger partial charge >= 0.3 is 11.9 Å². The minimum Gasteiger partial charge on any atom is -0.480 e. The lowest BCUT2D eigenvalue weighted by molar-refractivity contribution is -0.150. The fourth-order valence-corrected chi connectivity index (χ4v) is 7.57. The van der Waals surface area contributed by atoms with Crippen LogP contribution >= 0.6 is 0 Å². The molecule has 0 aromatic heterocycles. The number of hydrogen-bond acceptors (Lipinski definition) is 4. The van der Waals surface area contributed by atoms with Crippen LogP contribution in [0.15, 0.2) is 12.2 Å². The lowest BCUT2D eigenvalue weighted by Gasteiger charge is -2.18. The molecule has 324 valence electrons. The van der Waals surface area contributed by atoms with Gasteiger partial charge in [-0.2, -0.15) is 0 Å². The number of nitrogens with one attached hydrogen (secondary N) is 1. The summed E-state index contributed by atoms with van der Waals surface area (Å²) < 4.78 is 6.06. The summed E-state index contributed by atoms with van der Waals surface area (Å²) in [7, 11) is 0. The van der Waals surface area contributed by atoms with Crippen molar-refractivity contribution in [3.05, 3.63) is 12.2 Å². The molecule has 0 bridgehead atoms. The highest BCUT2D eigenvalue weighted by atomic mass is 16.5. The van der Waals surface area contributed by atoms with Gasteiger partial charge in [0.1, 0.15) is 12.6 Å². The van der Waals surface area contributed by atoms with Crippen molar-refractivity contribution >= 4 is 17.8 Å². The fourth-order valence-electron chi connectivity index (χ4n) is 7.57. The van der Waals surface area contributed by atoms with Crippen LogP contribution in [0.25, 0.3) is 0 Å². The minimum absolute atomic E-state index is 0.0124. The SMILES string of the molecule is CCCCCCCCC/C=C\CCCCCCCCCC(=O)OC(CCCCCCCCCCCCCCCCC)CCCCCCCC(=O)NCC(=O)O. The van der Waals surface area contributed by atoms with Crippen molar-refractivity contribution in [3.8, 4) is 0 Å². The Morgan fingerprint density at radius 2 is 0.782 bits per heavy atom. The lowest BCUT2D eigenvalue weighted by atomic mass is 10.0. The highest BCUT2D eigenvalue weighted by Crippen LogP contribution is 2.19. The molecule has 2 N–H and O–H groups in total. The van der Waals surface area contributed by atoms with Crippen molar-refractivity contribution in [2.75, 3.05) is 6.54 Å². The number of carboxylic acids is 1. The highest BCUT2D eigenvalue weighted by Gasteiger charge is 2.14. The van der Waals surface area contributed by atoms with Gasteiger partial charge in [-0.15, -0.1) is 0 Å². The molecule has 0 spiro atoms. The number of amides is 1. The second-order valence-corrected chi connectivity index (χ2v) is 16.7. The van der Waals surface area contributed by atoms with E-state index in [-0.39, 0.29) is 24.5 Å². The number of carbonyl (C=O) groups excluding carboxylic acids is 2. The van der Waals surface area contributed by atoms with E-state index >= 15 is 0 Å². The van der Waals surface area contributed by atoms with Crippen LogP contribution in [0.4, 0.5) is 0 Å². The van der Waals surface area contributed by atoms with Gasteiger partial charge in [0.05, 0.1) is 0 Å². The van der Waals surface area contributed by atoms with E-state index in [2.05, 4.69) is 31.3 Å². The molecule has 0 saturated carbocycles. The summed E-state index contributed by atoms with van der Waals surface area (Å²) in [5, 5.41) is 11.1. The zero-order valence-electron chi connectivity index (χ0n) is 36.8. The summed E-state index contributed by atoms with van der Waals surface area (Å²) in [4.78, 5) is 35.1. The predicted molar refractivity (Wildman–Crippen MR) is 236 cm³/mol. The summed E-state index contributed by atoms with van der Waals surface area (Å²) >= 11 is 0. The normalized spacial score (nSPS) is 12.0. The van der Waals surface area contributed by atoms with Gasteiger partial charge in [0.15, 0.2) is 0 Å². The molecule has 0 aliphatic rings. The molecule has 0 radical (unpaired) electrons. The molecule has 0 rings (SSSR count). The Morgan fingerprint density at radius 3 is 1.16 bits per heavy atom. The van der Waals surface area contributed by atoms with Gasteiger partial charge in [0, 0.05) is 12.8 Å². The molecule has 1 atom stereocenters. The molecule has 0 aromatic rings. The number of allylic oxidation sites excluding steroid dienone is 2. The van der Waals surface area contributed by atoms with Crippen molar-refractivity contribution in [3.63, 3.8) is 0 Å². The largest absolute Gasteiger partial charge is 0.480 e. The summed E-state index contributed by atoms with van der Waals surface area (Å²) in [5.74, 6) is -1.21. The van der Waals surface area contributed by atoms with Crippen molar-refractivity contribution in [1.29, 1.82) is 0 Å². The van der Waals surface area contributed by atoms with Crippen LogP contribution in [0.3, 0.4) is 0 Å². The molecule has 0 aliphatic carbocycles. The van der Waals surface area contributed by atoms with E-state index in [1.807, 2.05) is 0 Å². The molecule has 0 saturated heterocycles. The third-order valence-corrected chi connectivity index (χ3v) is 11.2. The van der Waals surface area contributed by atoms with E-state index in [1.54, 1.807) is 0 Å². The summed E-state index contributed by atoms with van der Waals surface area (Å²) in [6.45, 7) is 4.25. The maximum Gasteiger partial charge on any atom is 0.322 e. The molecule has 0 heterocycles. The van der Waals surface area contributed by atoms with Crippen LogP contribution in [-0.4, -0.2) is 35.6 Å². The van der Waals surface area contributed by atoms with Crippen molar-refractivity contribution < 1.29 is 24.2 Å². The number of rotatable bonds is 45. The predicted octanol–water partition coefficient (Wildman–Crippen LogP) is 15.3. The molecule has 6 heteroatoms. The van der Waals surface area contributed by atoms with Crippen LogP contribution in [0.2, 0.25) is 0 Å². The lowest BCUT2D eigenvalue weighted by Crippen LogP contribution is -2.28. The maximum absolute atomic E-state index is 12.8. The van der Waals surface area contributed by atoms with E-state index in [9.17, 15) is 14.4 Å². The smallest absolute Gasteiger partial charge is 0.322 e. The van der Waals surface area contributed by atoms with Crippen molar-refractivity contribution in [1.82, 2.24) is 5.32 Å². The maximum atomic E-state index is 12.8. The number of aliphatic carboxylic acids is 1. The Morgan fingerprint density at radius 1 is 0.455 bits per heavy atom. The zero-order valence-corrected chi connectivity index (χ0v) is 36.8. The Labute approximate surface area is 342 Å². The number of ether oxygens (including phenoxy) is 1. The summed E-state index contributed by atoms with van der Waals surface area (Å²) in [5.41, 5.74) is 0. The van der Waals surface area contributed by atoms with Gasteiger partial charge in [0.25, 0.3) is 0 Å². The topological polar surface area (TPSA) is 92.7 Å². The van der Waals surface area contributed by atoms with Crippen LogP contribution in [0.5, 0.6) is 0 Å². The van der Waals surface area contributed by atoms with E-state index in [0.29, 0.717) is 12.8 Å². The molecule has 55 heavy (non-hydrogen) atoms. The molecule has 0 aliphatic heterocycles. The van der Waals surface area contributed by atoms with Gasteiger partial charge in [-0.1, -0.05) is 206 Å². The van der Waals surface area contributed by atoms with Gasteiger partial charge < -0.3 is 15.2 Å². The molecule has 0 fully saturated rings. The Kier molecular flexibility index (Phi) is 43.4. The third kappa shape index (κ3) is 44.7. The quantitative estimate of drug-likeness (QED) is 0.0365. The molecule has 1 unspecified atom stereocenters. The first-order valence-corrected chi connectivity index (χ1v) is 24.3. The number of hydrogen-bond donors (Lipinski definition) is 2. The standard InChI is InChI=1S/C49H93NO5/c1-3-5-7-9-11-13-15-17-19-20-21-23-25-27-29-31-36-40-44-49(54)55-46(42-38-34-32-35-39-43-47(51)50-45-48(52)53)41-37-33-30-28-26-24-22-18-16-14-12-10-8-6-4-2/h19-20,46H,3-18,21-45H2,1-2H3,(H,50,51)(H,52,53)/b20-19-. The highest BCUT2D eigenvalue weighted by molar-refractivity contribution is 5.80. The first-order valence-electron chi connectivity index (χ1n) is 24.3. The Hall–Kier alpha value is -1.85. The van der Waals surface area contributed by atoms with Crippen LogP contribution < -0.4 is 5.32 Å². The number of carboxylic acid groups (broad SMARTS) is 1. The molecular formula is C49H93NO5. The van der Waals surface area contributed by atoms with Gasteiger partial charge in [0.2, 0.25) is 5.91 Å². The molecular weight excluding hydrogens is 683 g/mol. The minimum atomic E-state index is -1.01. The molecule has 6 nitrogen and oxygen atoms in total. The van der Waals surface area contributed by atoms with Crippen molar-refractivity contribution in [2.24, 2.45) is 0 Å². The van der Waals surface area contributed by atoms with Crippen molar-refractivity contribution in [2.45, 2.75) is 277 Å². The summed E-state index contributed by atoms with van der Waals surface area (Å²) in [6.07, 6.45) is 53.5. The Balaban J connectivity index is 4.11. The first-order chi connectivity index (χ1) is 27.0. The monoisotopic (exact) mass is 776 g/mol. The number of esters is 1. The number of carbonyl (C=O) groups is 3. The van der Waals surface area contributed by atoms with Gasteiger partial charge in [-0.05, 0) is 64.2 Å².